The Hall–Kier alpha value is -1.85. The van der Waals surface area contributed by atoms with Gasteiger partial charge in [0.05, 0.1) is 0 Å². The summed E-state index contributed by atoms with van der Waals surface area (Å²) in [5.74, 6) is -12.3. The van der Waals surface area contributed by atoms with Crippen LogP contribution in [0.15, 0.2) is 21.9 Å². The van der Waals surface area contributed by atoms with Gasteiger partial charge in [0.1, 0.15) is 5.75 Å². The zero-order valence-electron chi connectivity index (χ0n) is 14.5. The fourth-order valence-corrected chi connectivity index (χ4v) is 6.22. The normalized spacial score (nSPS) is 13.1. The van der Waals surface area contributed by atoms with Gasteiger partial charge in [-0.2, -0.15) is 8.42 Å². The predicted octanol–water partition coefficient (Wildman–Crippen LogP) is 4.45. The molecule has 150 valence electrons. The van der Waals surface area contributed by atoms with Crippen LogP contribution in [-0.2, 0) is 13.7 Å². The van der Waals surface area contributed by atoms with E-state index in [4.69, 9.17) is 3.63 Å². The van der Waals surface area contributed by atoms with Crippen LogP contribution in [0.4, 0.5) is 22.0 Å². The predicted molar refractivity (Wildman–Crippen MR) is 89.8 cm³/mol. The topological polar surface area (TPSA) is 63.6 Å². The molecule has 0 spiro atoms. The molecule has 1 N–H and O–H groups in total. The van der Waals surface area contributed by atoms with Gasteiger partial charge in [-0.15, -0.1) is 0 Å². The molecule has 2 rings (SSSR count). The van der Waals surface area contributed by atoms with Gasteiger partial charge in [-0.25, -0.2) is 25.6 Å². The standard InChI is InChI=1S/C16H15F5O4S2/c1-7-5-9(6-8(2)15(7)22)26(3,4)25-27(23,24)16-13(20)11(18)10(17)12(19)14(16)21/h5-6,22H,1-4H3. The molecule has 0 saturated carbocycles. The molecule has 0 radical (unpaired) electrons. The number of phenols is 1. The molecule has 0 bridgehead atoms. The van der Waals surface area contributed by atoms with E-state index in [1.54, 1.807) is 13.8 Å². The van der Waals surface area contributed by atoms with Crippen molar-refractivity contribution in [3.63, 3.8) is 0 Å². The number of rotatable bonds is 4. The van der Waals surface area contributed by atoms with Crippen LogP contribution in [0.25, 0.3) is 0 Å². The molecule has 0 aliphatic rings. The first-order valence-corrected chi connectivity index (χ1v) is 11.0. The van der Waals surface area contributed by atoms with Crippen LogP contribution >= 0.6 is 10.3 Å². The van der Waals surface area contributed by atoms with E-state index in [1.807, 2.05) is 0 Å². The largest absolute Gasteiger partial charge is 0.507 e. The molecule has 0 atom stereocenters. The number of benzene rings is 2. The third kappa shape index (κ3) is 3.76. The zero-order chi connectivity index (χ0) is 20.9. The lowest BCUT2D eigenvalue weighted by molar-refractivity contribution is 0.354. The summed E-state index contributed by atoms with van der Waals surface area (Å²) in [5.41, 5.74) is 0.783. The Morgan fingerprint density at radius 3 is 1.59 bits per heavy atom. The average molecular weight is 430 g/mol. The number of hydrogen-bond acceptors (Lipinski definition) is 4. The van der Waals surface area contributed by atoms with Gasteiger partial charge in [0.25, 0.3) is 0 Å². The third-order valence-corrected chi connectivity index (χ3v) is 8.02. The van der Waals surface area contributed by atoms with Crippen LogP contribution in [-0.4, -0.2) is 26.0 Å². The van der Waals surface area contributed by atoms with Gasteiger partial charge in [0.2, 0.25) is 5.82 Å². The lowest BCUT2D eigenvalue weighted by atomic mass is 10.1. The Labute approximate surface area is 154 Å². The van der Waals surface area contributed by atoms with Gasteiger partial charge in [-0.05, 0) is 49.6 Å². The molecule has 2 aromatic rings. The summed E-state index contributed by atoms with van der Waals surface area (Å²) in [5, 5.41) is 9.80. The Balaban J connectivity index is 2.60. The zero-order valence-corrected chi connectivity index (χ0v) is 16.2. The Bertz CT molecular complexity index is 984. The Morgan fingerprint density at radius 1 is 0.815 bits per heavy atom. The molecule has 2 aromatic carbocycles. The summed E-state index contributed by atoms with van der Waals surface area (Å²) in [4.78, 5) is -1.77. The fraction of sp³-hybridized carbons (Fsp3) is 0.250. The number of hydrogen-bond donors (Lipinski definition) is 1. The van der Waals surface area contributed by atoms with Crippen LogP contribution in [0.5, 0.6) is 5.75 Å². The summed E-state index contributed by atoms with van der Waals surface area (Å²) < 4.78 is 97.1. The van der Waals surface area contributed by atoms with E-state index in [9.17, 15) is 35.5 Å². The Kier molecular flexibility index (Phi) is 5.52. The Morgan fingerprint density at radius 2 is 1.19 bits per heavy atom. The highest BCUT2D eigenvalue weighted by molar-refractivity contribution is 8.32. The highest BCUT2D eigenvalue weighted by Crippen LogP contribution is 2.54. The maximum atomic E-state index is 13.9. The van der Waals surface area contributed by atoms with E-state index < -0.39 is 54.4 Å². The van der Waals surface area contributed by atoms with Crippen LogP contribution < -0.4 is 0 Å². The van der Waals surface area contributed by atoms with E-state index in [2.05, 4.69) is 0 Å². The van der Waals surface area contributed by atoms with Crippen molar-refractivity contribution in [1.29, 1.82) is 0 Å². The summed E-state index contributed by atoms with van der Waals surface area (Å²) in [6.45, 7) is 3.08. The van der Waals surface area contributed by atoms with Crippen molar-refractivity contribution in [3.8, 4) is 5.75 Å². The van der Waals surface area contributed by atoms with E-state index in [-0.39, 0.29) is 10.6 Å². The molecule has 0 amide bonds. The molecule has 11 heteroatoms. The minimum absolute atomic E-state index is 0.0310. The number of aromatic hydroxyl groups is 1. The highest BCUT2D eigenvalue weighted by Gasteiger charge is 2.37. The molecule has 0 aliphatic carbocycles. The molecule has 0 saturated heterocycles. The second-order valence-electron chi connectivity index (χ2n) is 6.06. The number of phenolic OH excluding ortho intramolecular Hbond substituents is 1. The molecule has 0 heterocycles. The third-order valence-electron chi connectivity index (χ3n) is 3.71. The molecule has 4 nitrogen and oxygen atoms in total. The lowest BCUT2D eigenvalue weighted by Gasteiger charge is -2.31. The maximum absolute atomic E-state index is 13.9. The quantitative estimate of drug-likeness (QED) is 0.442. The molecule has 27 heavy (non-hydrogen) atoms. The van der Waals surface area contributed by atoms with Crippen molar-refractivity contribution in [1.82, 2.24) is 0 Å². The van der Waals surface area contributed by atoms with Gasteiger partial charge in [0, 0.05) is 4.90 Å². The monoisotopic (exact) mass is 430 g/mol. The minimum atomic E-state index is -5.35. The van der Waals surface area contributed by atoms with E-state index in [0.717, 1.165) is 0 Å². The molecular formula is C16H15F5O4S2. The SMILES string of the molecule is Cc1cc(S(C)(C)OS(=O)(=O)c2c(F)c(F)c(F)c(F)c2F)cc(C)c1O. The number of halogens is 5. The molecule has 0 fully saturated rings. The molecule has 0 unspecified atom stereocenters. The summed E-state index contributed by atoms with van der Waals surface area (Å²) in [6.07, 6.45) is 2.61. The van der Waals surface area contributed by atoms with E-state index in [0.29, 0.717) is 11.1 Å². The van der Waals surface area contributed by atoms with Gasteiger partial charge in [0.15, 0.2) is 28.2 Å². The van der Waals surface area contributed by atoms with Crippen LogP contribution in [0, 0.1) is 42.9 Å². The van der Waals surface area contributed by atoms with Crippen molar-refractivity contribution in [2.45, 2.75) is 23.6 Å². The van der Waals surface area contributed by atoms with Crippen molar-refractivity contribution in [2.75, 3.05) is 12.5 Å². The second-order valence-corrected chi connectivity index (χ2v) is 10.9. The average Bonchev–Trinajstić information content (AvgIpc) is 2.54. The van der Waals surface area contributed by atoms with Crippen LogP contribution in [0.1, 0.15) is 11.1 Å². The second kappa shape index (κ2) is 6.95. The van der Waals surface area contributed by atoms with Gasteiger partial charge in [-0.1, -0.05) is 10.3 Å². The first-order chi connectivity index (χ1) is 12.2. The highest BCUT2D eigenvalue weighted by atomic mass is 32.3. The van der Waals surface area contributed by atoms with Gasteiger partial charge >= 0.3 is 10.1 Å². The van der Waals surface area contributed by atoms with Crippen LogP contribution in [0.3, 0.4) is 0 Å². The smallest absolute Gasteiger partial charge is 0.312 e. The van der Waals surface area contributed by atoms with E-state index in [1.165, 1.54) is 24.6 Å². The summed E-state index contributed by atoms with van der Waals surface area (Å²) in [6, 6.07) is 2.82. The van der Waals surface area contributed by atoms with Crippen molar-refractivity contribution in [2.24, 2.45) is 0 Å². The van der Waals surface area contributed by atoms with Crippen molar-refractivity contribution < 1.29 is 39.1 Å². The molecular weight excluding hydrogens is 415 g/mol. The van der Waals surface area contributed by atoms with Gasteiger partial charge in [-0.3, -0.25) is 0 Å². The number of aryl methyl sites for hydroxylation is 2. The first-order valence-electron chi connectivity index (χ1n) is 7.21. The fourth-order valence-electron chi connectivity index (χ4n) is 2.30. The minimum Gasteiger partial charge on any atom is -0.507 e. The van der Waals surface area contributed by atoms with Crippen LogP contribution in [0.2, 0.25) is 0 Å². The first kappa shape index (κ1) is 21.5. The van der Waals surface area contributed by atoms with Crippen molar-refractivity contribution in [3.05, 3.63) is 52.3 Å². The molecule has 0 aromatic heterocycles. The maximum Gasteiger partial charge on any atom is 0.312 e. The lowest BCUT2D eigenvalue weighted by Crippen LogP contribution is -2.17. The van der Waals surface area contributed by atoms with Gasteiger partial charge < -0.3 is 5.11 Å². The summed E-state index contributed by atoms with van der Waals surface area (Å²) in [7, 11) is -8.12. The van der Waals surface area contributed by atoms with Crippen molar-refractivity contribution >= 4 is 20.4 Å². The summed E-state index contributed by atoms with van der Waals surface area (Å²) >= 11 is 0. The van der Waals surface area contributed by atoms with E-state index >= 15 is 0 Å². The molecule has 0 aliphatic heterocycles.